The van der Waals surface area contributed by atoms with Crippen molar-refractivity contribution in [3.63, 3.8) is 0 Å². The number of piperazine rings is 1. The van der Waals surface area contributed by atoms with Gasteiger partial charge in [-0.3, -0.25) is 5.32 Å². The molecule has 7 nitrogen and oxygen atoms in total. The van der Waals surface area contributed by atoms with Gasteiger partial charge in [-0.15, -0.1) is 0 Å². The van der Waals surface area contributed by atoms with Gasteiger partial charge < -0.3 is 14.6 Å². The molecule has 1 N–H and O–H groups in total. The first kappa shape index (κ1) is 22.7. The maximum Gasteiger partial charge on any atom is 0.417 e. The highest BCUT2D eigenvalue weighted by Crippen LogP contribution is 2.33. The highest BCUT2D eigenvalue weighted by Gasteiger charge is 2.32. The van der Waals surface area contributed by atoms with Crippen molar-refractivity contribution in [3.05, 3.63) is 58.2 Å². The van der Waals surface area contributed by atoms with Gasteiger partial charge in [0.15, 0.2) is 0 Å². The Balaban J connectivity index is 1.44. The zero-order valence-corrected chi connectivity index (χ0v) is 17.5. The monoisotopic (exact) mass is 455 g/mol. The maximum absolute atomic E-state index is 12.8. The fourth-order valence-electron chi connectivity index (χ4n) is 2.95. The molecule has 0 radical (unpaired) electrons. The highest BCUT2D eigenvalue weighted by atomic mass is 35.5. The molecule has 1 saturated heterocycles. The van der Waals surface area contributed by atoms with Gasteiger partial charge in [0.1, 0.15) is 18.8 Å². The van der Waals surface area contributed by atoms with Crippen LogP contribution < -0.4 is 10.2 Å². The second kappa shape index (κ2) is 9.86. The van der Waals surface area contributed by atoms with Gasteiger partial charge >= 0.3 is 12.2 Å². The number of pyridine rings is 1. The van der Waals surface area contributed by atoms with Gasteiger partial charge in [0.25, 0.3) is 0 Å². The van der Waals surface area contributed by atoms with Crippen molar-refractivity contribution < 1.29 is 22.8 Å². The molecule has 0 spiro atoms. The number of benzene rings is 1. The summed E-state index contributed by atoms with van der Waals surface area (Å²) in [5.74, 6) is 0.265. The largest absolute Gasteiger partial charge is 0.417 e. The summed E-state index contributed by atoms with van der Waals surface area (Å²) in [5, 5.41) is 6.16. The Bertz CT molecular complexity index is 929. The van der Waals surface area contributed by atoms with Gasteiger partial charge in [-0.1, -0.05) is 46.6 Å². The molecule has 2 heterocycles. The number of urea groups is 1. The Labute approximate surface area is 182 Å². The molecule has 1 aliphatic rings. The Morgan fingerprint density at radius 3 is 2.55 bits per heavy atom. The molecule has 31 heavy (non-hydrogen) atoms. The number of rotatable bonds is 5. The maximum atomic E-state index is 12.8. The first-order valence-corrected chi connectivity index (χ1v) is 9.84. The van der Waals surface area contributed by atoms with Crippen LogP contribution in [0.5, 0.6) is 0 Å². The summed E-state index contributed by atoms with van der Waals surface area (Å²) in [4.78, 5) is 24.5. The van der Waals surface area contributed by atoms with Gasteiger partial charge in [-0.25, -0.2) is 9.78 Å². The topological polar surface area (TPSA) is 70.1 Å². The zero-order chi connectivity index (χ0) is 22.4. The van der Waals surface area contributed by atoms with E-state index in [9.17, 15) is 18.0 Å². The third-order valence-electron chi connectivity index (χ3n) is 4.68. The quantitative estimate of drug-likeness (QED) is 0.419. The van der Waals surface area contributed by atoms with Crippen molar-refractivity contribution in [2.24, 2.45) is 5.16 Å². The minimum Gasteiger partial charge on any atom is -0.390 e. The van der Waals surface area contributed by atoms with E-state index in [0.29, 0.717) is 26.2 Å². The molecule has 2 amide bonds. The fourth-order valence-corrected chi connectivity index (χ4v) is 3.23. The lowest BCUT2D eigenvalue weighted by molar-refractivity contribution is -0.137. The number of hydrogen-bond donors (Lipinski definition) is 1. The molecule has 1 aromatic heterocycles. The highest BCUT2D eigenvalue weighted by molar-refractivity contribution is 6.33. The molecule has 0 bridgehead atoms. The molecular weight excluding hydrogens is 435 g/mol. The number of aryl methyl sites for hydroxylation is 1. The Morgan fingerprint density at radius 1 is 1.26 bits per heavy atom. The number of aromatic nitrogens is 1. The van der Waals surface area contributed by atoms with Crippen LogP contribution in [0.2, 0.25) is 5.02 Å². The van der Waals surface area contributed by atoms with Gasteiger partial charge in [-0.05, 0) is 18.6 Å². The smallest absolute Gasteiger partial charge is 0.390 e. The molecule has 1 aliphatic heterocycles. The van der Waals surface area contributed by atoms with Crippen LogP contribution >= 0.6 is 11.6 Å². The number of amides is 2. The fraction of sp³-hybridized carbons (Fsp3) is 0.350. The SMILES string of the molecule is Cc1ccc(CON=CNC(=O)N2CCN(c3ncc(C(F)(F)F)cc3Cl)CC2)cc1. The Morgan fingerprint density at radius 2 is 1.94 bits per heavy atom. The summed E-state index contributed by atoms with van der Waals surface area (Å²) in [6.45, 7) is 3.74. The van der Waals surface area contributed by atoms with E-state index >= 15 is 0 Å². The Kier molecular flexibility index (Phi) is 7.21. The lowest BCUT2D eigenvalue weighted by Crippen LogP contribution is -2.52. The number of anilines is 1. The van der Waals surface area contributed by atoms with Crippen LogP contribution in [0.3, 0.4) is 0 Å². The summed E-state index contributed by atoms with van der Waals surface area (Å²) in [6, 6.07) is 8.31. The number of carbonyl (C=O) groups excluding carboxylic acids is 1. The molecule has 11 heteroatoms. The van der Waals surface area contributed by atoms with E-state index in [2.05, 4.69) is 15.5 Å². The standard InChI is InChI=1S/C20H21ClF3N5O2/c1-14-2-4-15(5-3-14)12-31-27-13-26-19(30)29-8-6-28(7-9-29)18-17(21)10-16(11-25-18)20(22,23)24/h2-5,10-11,13H,6-9,12H2,1H3,(H,26,27,30). The summed E-state index contributed by atoms with van der Waals surface area (Å²) >= 11 is 5.99. The average molecular weight is 456 g/mol. The molecule has 2 aromatic rings. The molecule has 166 valence electrons. The van der Waals surface area contributed by atoms with Crippen LogP contribution in [0, 0.1) is 6.92 Å². The number of nitrogens with zero attached hydrogens (tertiary/aromatic N) is 4. The first-order valence-electron chi connectivity index (χ1n) is 9.46. The van der Waals surface area contributed by atoms with Crippen LogP contribution in [-0.2, 0) is 17.6 Å². The van der Waals surface area contributed by atoms with Crippen LogP contribution in [0.1, 0.15) is 16.7 Å². The lowest BCUT2D eigenvalue weighted by Gasteiger charge is -2.35. The summed E-state index contributed by atoms with van der Waals surface area (Å²) in [7, 11) is 0. The molecule has 0 saturated carbocycles. The van der Waals surface area contributed by atoms with Crippen molar-refractivity contribution in [2.45, 2.75) is 19.7 Å². The lowest BCUT2D eigenvalue weighted by atomic mass is 10.2. The molecule has 0 atom stereocenters. The van der Waals surface area contributed by atoms with Gasteiger partial charge in [0.2, 0.25) is 0 Å². The average Bonchev–Trinajstić information content (AvgIpc) is 2.74. The van der Waals surface area contributed by atoms with Crippen LogP contribution in [0.4, 0.5) is 23.8 Å². The van der Waals surface area contributed by atoms with Crippen molar-refractivity contribution in [1.82, 2.24) is 15.2 Å². The van der Waals surface area contributed by atoms with Crippen LogP contribution in [0.25, 0.3) is 0 Å². The number of oxime groups is 1. The van der Waals surface area contributed by atoms with E-state index in [4.69, 9.17) is 16.4 Å². The number of hydrogen-bond acceptors (Lipinski definition) is 5. The number of nitrogens with one attached hydrogen (secondary N) is 1. The molecular formula is C20H21ClF3N5O2. The Hall–Kier alpha value is -3.01. The van der Waals surface area contributed by atoms with E-state index in [1.165, 1.54) is 6.34 Å². The van der Waals surface area contributed by atoms with Crippen LogP contribution in [0.15, 0.2) is 41.7 Å². The van der Waals surface area contributed by atoms with E-state index in [1.54, 1.807) is 9.80 Å². The zero-order valence-electron chi connectivity index (χ0n) is 16.7. The third kappa shape index (κ3) is 6.24. The normalized spacial score (nSPS) is 14.7. The number of alkyl halides is 3. The van der Waals surface area contributed by atoms with E-state index < -0.39 is 11.7 Å². The summed E-state index contributed by atoms with van der Waals surface area (Å²) in [6.07, 6.45) is -2.57. The van der Waals surface area contributed by atoms with Crippen molar-refractivity contribution in [1.29, 1.82) is 0 Å². The van der Waals surface area contributed by atoms with Gasteiger partial charge in [0, 0.05) is 32.4 Å². The molecule has 1 fully saturated rings. The third-order valence-corrected chi connectivity index (χ3v) is 4.96. The van der Waals surface area contributed by atoms with Gasteiger partial charge in [-0.2, -0.15) is 13.2 Å². The van der Waals surface area contributed by atoms with Crippen molar-refractivity contribution >= 4 is 29.8 Å². The predicted octanol–water partition coefficient (Wildman–Crippen LogP) is 4.05. The van der Waals surface area contributed by atoms with Crippen molar-refractivity contribution in [3.8, 4) is 0 Å². The molecule has 0 aliphatic carbocycles. The first-order chi connectivity index (χ1) is 14.7. The van der Waals surface area contributed by atoms with E-state index in [-0.39, 0.29) is 23.5 Å². The predicted molar refractivity (Wildman–Crippen MR) is 111 cm³/mol. The number of halogens is 4. The van der Waals surface area contributed by atoms with Gasteiger partial charge in [0.05, 0.1) is 10.6 Å². The minimum atomic E-state index is -4.50. The summed E-state index contributed by atoms with van der Waals surface area (Å²) < 4.78 is 38.3. The molecule has 3 rings (SSSR count). The minimum absolute atomic E-state index is 0.0782. The molecule has 1 aromatic carbocycles. The number of carbonyl (C=O) groups is 1. The second-order valence-electron chi connectivity index (χ2n) is 6.94. The van der Waals surface area contributed by atoms with Crippen molar-refractivity contribution in [2.75, 3.05) is 31.1 Å². The van der Waals surface area contributed by atoms with E-state index in [0.717, 1.165) is 23.4 Å². The van der Waals surface area contributed by atoms with E-state index in [1.807, 2.05) is 31.2 Å². The molecule has 0 unspecified atom stereocenters. The second-order valence-corrected chi connectivity index (χ2v) is 7.35. The van der Waals surface area contributed by atoms with Crippen LogP contribution in [-0.4, -0.2) is 48.4 Å². The summed E-state index contributed by atoms with van der Waals surface area (Å²) in [5.41, 5.74) is 1.21.